The number of rotatable bonds is 6. The van der Waals surface area contributed by atoms with Gasteiger partial charge in [-0.2, -0.15) is 0 Å². The van der Waals surface area contributed by atoms with Crippen LogP contribution in [-0.2, 0) is 19.6 Å². The third-order valence-corrected chi connectivity index (χ3v) is 2.36. The number of hydrogen-bond acceptors (Lipinski definition) is 6. The first-order chi connectivity index (χ1) is 9.58. The molecule has 0 saturated carbocycles. The van der Waals surface area contributed by atoms with Gasteiger partial charge in [0.05, 0.1) is 39.5 Å². The summed E-state index contributed by atoms with van der Waals surface area (Å²) in [4.78, 5) is 35.3. The zero-order valence-corrected chi connectivity index (χ0v) is 11.7. The second-order valence-corrected chi connectivity index (χ2v) is 3.47. The Hall–Kier alpha value is -1.71. The van der Waals surface area contributed by atoms with E-state index in [1.807, 2.05) is 13.8 Å². The van der Waals surface area contributed by atoms with Crippen LogP contribution in [0, 0.1) is 0 Å². The molecule has 0 atom stereocenters. The molecular weight excluding hydrogens is 270 g/mol. The molecule has 1 rings (SSSR count). The Kier molecular flexibility index (Phi) is 8.45. The van der Waals surface area contributed by atoms with Gasteiger partial charge in [-0.1, -0.05) is 13.8 Å². The van der Waals surface area contributed by atoms with Gasteiger partial charge in [-0.25, -0.2) is 28.1 Å². The Balaban J connectivity index is 0.00000172. The Morgan fingerprint density at radius 3 is 1.00 bits per heavy atom. The van der Waals surface area contributed by atoms with Crippen molar-refractivity contribution in [3.05, 3.63) is 31.5 Å². The quantitative estimate of drug-likeness (QED) is 0.519. The topological polar surface area (TPSA) is 127 Å². The molecular formula is C11H21N3O6. The number of nitrogens with zero attached hydrogens (tertiary/aromatic N) is 3. The summed E-state index contributed by atoms with van der Waals surface area (Å²) >= 11 is 0. The lowest BCUT2D eigenvalue weighted by atomic mass is 10.6. The van der Waals surface area contributed by atoms with E-state index in [2.05, 4.69) is 0 Å². The minimum absolute atomic E-state index is 0.255. The van der Waals surface area contributed by atoms with Crippen LogP contribution in [0.1, 0.15) is 13.8 Å². The fourth-order valence-electron chi connectivity index (χ4n) is 1.56. The molecule has 0 bridgehead atoms. The lowest BCUT2D eigenvalue weighted by molar-refractivity contribution is 0.239. The monoisotopic (exact) mass is 291 g/mol. The van der Waals surface area contributed by atoms with Crippen molar-refractivity contribution >= 4 is 0 Å². The van der Waals surface area contributed by atoms with Crippen molar-refractivity contribution in [1.29, 1.82) is 0 Å². The summed E-state index contributed by atoms with van der Waals surface area (Å²) in [6.45, 7) is 1.92. The highest BCUT2D eigenvalue weighted by Gasteiger charge is 2.14. The Morgan fingerprint density at radius 1 is 0.650 bits per heavy atom. The van der Waals surface area contributed by atoms with Crippen molar-refractivity contribution in [1.82, 2.24) is 13.7 Å². The van der Waals surface area contributed by atoms with E-state index in [0.717, 1.165) is 0 Å². The maximum atomic E-state index is 11.8. The minimum Gasteiger partial charge on any atom is -0.395 e. The van der Waals surface area contributed by atoms with Crippen molar-refractivity contribution in [2.45, 2.75) is 33.5 Å². The maximum absolute atomic E-state index is 11.8. The molecule has 20 heavy (non-hydrogen) atoms. The summed E-state index contributed by atoms with van der Waals surface area (Å²) in [5, 5.41) is 26.4. The molecule has 1 heterocycles. The first-order valence-electron chi connectivity index (χ1n) is 6.35. The van der Waals surface area contributed by atoms with Crippen molar-refractivity contribution in [3.63, 3.8) is 0 Å². The lowest BCUT2D eigenvalue weighted by Gasteiger charge is -2.11. The van der Waals surface area contributed by atoms with Crippen LogP contribution < -0.4 is 17.1 Å². The summed E-state index contributed by atoms with van der Waals surface area (Å²) in [6.07, 6.45) is 0. The van der Waals surface area contributed by atoms with E-state index in [1.54, 1.807) is 0 Å². The second-order valence-electron chi connectivity index (χ2n) is 3.47. The molecule has 1 aromatic heterocycles. The Bertz CT molecular complexity index is 460. The molecule has 0 aliphatic heterocycles. The fraction of sp³-hybridized carbons (Fsp3) is 0.727. The first kappa shape index (κ1) is 18.3. The average Bonchev–Trinajstić information content (AvgIpc) is 2.46. The molecule has 9 nitrogen and oxygen atoms in total. The van der Waals surface area contributed by atoms with Crippen LogP contribution in [0.5, 0.6) is 0 Å². The normalized spacial score (nSPS) is 10.1. The van der Waals surface area contributed by atoms with Gasteiger partial charge in [0.25, 0.3) is 0 Å². The molecule has 3 N–H and O–H groups in total. The molecule has 1 aromatic rings. The van der Waals surface area contributed by atoms with Crippen LogP contribution >= 0.6 is 0 Å². The summed E-state index contributed by atoms with van der Waals surface area (Å²) in [5.41, 5.74) is -2.66. The van der Waals surface area contributed by atoms with Gasteiger partial charge < -0.3 is 15.3 Å². The van der Waals surface area contributed by atoms with Crippen LogP contribution in [0.3, 0.4) is 0 Å². The summed E-state index contributed by atoms with van der Waals surface area (Å²) < 4.78 is 2.06. The van der Waals surface area contributed by atoms with Crippen LogP contribution in [-0.4, -0.2) is 48.8 Å². The molecule has 0 fully saturated rings. The second kappa shape index (κ2) is 9.23. The smallest absolute Gasteiger partial charge is 0.336 e. The molecule has 0 aliphatic rings. The minimum atomic E-state index is -0.887. The molecule has 0 aliphatic carbocycles. The fourth-order valence-corrected chi connectivity index (χ4v) is 1.56. The Morgan fingerprint density at radius 2 is 0.850 bits per heavy atom. The molecule has 116 valence electrons. The maximum Gasteiger partial charge on any atom is 0.336 e. The number of hydrogen-bond donors (Lipinski definition) is 3. The van der Waals surface area contributed by atoms with Crippen molar-refractivity contribution in [2.24, 2.45) is 0 Å². The van der Waals surface area contributed by atoms with Gasteiger partial charge in [0.15, 0.2) is 0 Å². The van der Waals surface area contributed by atoms with E-state index in [9.17, 15) is 14.4 Å². The highest BCUT2D eigenvalue weighted by atomic mass is 16.3. The first-order valence-corrected chi connectivity index (χ1v) is 6.35. The highest BCUT2D eigenvalue weighted by molar-refractivity contribution is 4.79. The van der Waals surface area contributed by atoms with Crippen molar-refractivity contribution in [2.75, 3.05) is 19.8 Å². The molecule has 0 unspecified atom stereocenters. The predicted molar refractivity (Wildman–Crippen MR) is 71.8 cm³/mol. The molecule has 0 saturated heterocycles. The van der Waals surface area contributed by atoms with Crippen LogP contribution in [0.15, 0.2) is 14.4 Å². The van der Waals surface area contributed by atoms with Gasteiger partial charge in [-0.3, -0.25) is 0 Å². The largest absolute Gasteiger partial charge is 0.395 e. The van der Waals surface area contributed by atoms with E-state index in [4.69, 9.17) is 15.3 Å². The number of aliphatic hydroxyl groups excluding tert-OH is 3. The molecule has 0 radical (unpaired) electrons. The van der Waals surface area contributed by atoms with Gasteiger partial charge in [0.1, 0.15) is 0 Å². The van der Waals surface area contributed by atoms with Crippen LogP contribution in [0.2, 0.25) is 0 Å². The van der Waals surface area contributed by atoms with E-state index in [-0.39, 0.29) is 19.6 Å². The number of aliphatic hydroxyl groups is 3. The van der Waals surface area contributed by atoms with Crippen molar-refractivity contribution in [3.8, 4) is 0 Å². The third-order valence-electron chi connectivity index (χ3n) is 2.36. The van der Waals surface area contributed by atoms with E-state index in [1.165, 1.54) is 0 Å². The van der Waals surface area contributed by atoms with Gasteiger partial charge >= 0.3 is 17.1 Å². The number of aromatic nitrogens is 3. The summed E-state index contributed by atoms with van der Waals surface area (Å²) in [6, 6.07) is 0. The van der Waals surface area contributed by atoms with Crippen molar-refractivity contribution < 1.29 is 15.3 Å². The molecule has 0 amide bonds. The summed E-state index contributed by atoms with van der Waals surface area (Å²) in [7, 11) is 0. The standard InChI is InChI=1S/C9H15N3O6.C2H6/c13-4-1-10-7(16)11(2-5-14)9(18)12(3-6-15)8(10)17;1-2/h13-15H,1-6H2;1-2H3. The molecule has 9 heteroatoms. The van der Waals surface area contributed by atoms with Gasteiger partial charge in [0.2, 0.25) is 0 Å². The Labute approximate surface area is 115 Å². The predicted octanol–water partition coefficient (Wildman–Crippen LogP) is -2.83. The SMILES string of the molecule is CC.O=c1n(CCO)c(=O)n(CCO)c(=O)n1CCO. The zero-order valence-electron chi connectivity index (χ0n) is 11.7. The van der Waals surface area contributed by atoms with E-state index < -0.39 is 36.9 Å². The lowest BCUT2D eigenvalue weighted by Crippen LogP contribution is -2.55. The van der Waals surface area contributed by atoms with Gasteiger partial charge in [-0.15, -0.1) is 0 Å². The zero-order chi connectivity index (χ0) is 15.7. The van der Waals surface area contributed by atoms with E-state index in [0.29, 0.717) is 13.7 Å². The van der Waals surface area contributed by atoms with Gasteiger partial charge in [-0.05, 0) is 0 Å². The van der Waals surface area contributed by atoms with E-state index >= 15 is 0 Å². The average molecular weight is 291 g/mol. The van der Waals surface area contributed by atoms with Crippen LogP contribution in [0.25, 0.3) is 0 Å². The summed E-state index contributed by atoms with van der Waals surface area (Å²) in [5.74, 6) is 0. The molecule has 0 aromatic carbocycles. The van der Waals surface area contributed by atoms with Crippen LogP contribution in [0.4, 0.5) is 0 Å². The highest BCUT2D eigenvalue weighted by Crippen LogP contribution is 1.76. The molecule has 0 spiro atoms. The third kappa shape index (κ3) is 3.89. The van der Waals surface area contributed by atoms with Gasteiger partial charge in [0, 0.05) is 0 Å².